The van der Waals surface area contributed by atoms with Gasteiger partial charge >= 0.3 is 0 Å². The first kappa shape index (κ1) is 15.1. The van der Waals surface area contributed by atoms with Crippen LogP contribution in [0.2, 0.25) is 10.0 Å². The Kier molecular flexibility index (Phi) is 5.52. The van der Waals surface area contributed by atoms with Crippen LogP contribution >= 0.6 is 23.2 Å². The third kappa shape index (κ3) is 4.35. The lowest BCUT2D eigenvalue weighted by molar-refractivity contribution is 0.0818. The molecular formula is C15H21Cl2NO. The number of rotatable bonds is 4. The van der Waals surface area contributed by atoms with Gasteiger partial charge < -0.3 is 5.11 Å². The Morgan fingerprint density at radius 1 is 1.37 bits per heavy atom. The van der Waals surface area contributed by atoms with Gasteiger partial charge in [0.1, 0.15) is 0 Å². The quantitative estimate of drug-likeness (QED) is 0.904. The van der Waals surface area contributed by atoms with Gasteiger partial charge in [0.15, 0.2) is 0 Å². The highest BCUT2D eigenvalue weighted by atomic mass is 35.5. The molecule has 1 aromatic carbocycles. The molecule has 1 aliphatic rings. The molecule has 1 saturated heterocycles. The highest BCUT2D eigenvalue weighted by Gasteiger charge is 2.24. The molecule has 0 aliphatic carbocycles. The van der Waals surface area contributed by atoms with Crippen molar-refractivity contribution in [3.63, 3.8) is 0 Å². The summed E-state index contributed by atoms with van der Waals surface area (Å²) in [5, 5.41) is 11.0. The van der Waals surface area contributed by atoms with Gasteiger partial charge in [-0.15, -0.1) is 0 Å². The van der Waals surface area contributed by atoms with Crippen LogP contribution in [0.1, 0.15) is 38.2 Å². The fraction of sp³-hybridized carbons (Fsp3) is 0.600. The van der Waals surface area contributed by atoms with E-state index in [2.05, 4.69) is 4.90 Å². The molecule has 0 saturated carbocycles. The van der Waals surface area contributed by atoms with Crippen molar-refractivity contribution in [2.75, 3.05) is 6.54 Å². The molecule has 1 aromatic rings. The summed E-state index contributed by atoms with van der Waals surface area (Å²) in [5.41, 5.74) is 1.11. The van der Waals surface area contributed by atoms with Crippen molar-refractivity contribution in [3.05, 3.63) is 33.8 Å². The van der Waals surface area contributed by atoms with Crippen LogP contribution in [0.15, 0.2) is 18.2 Å². The molecule has 2 rings (SSSR count). The van der Waals surface area contributed by atoms with Gasteiger partial charge in [-0.05, 0) is 50.4 Å². The molecule has 1 fully saturated rings. The number of aliphatic hydroxyl groups excluding tert-OH is 1. The Bertz CT molecular complexity index is 423. The van der Waals surface area contributed by atoms with Crippen LogP contribution in [0, 0.1) is 0 Å². The summed E-state index contributed by atoms with van der Waals surface area (Å²) in [4.78, 5) is 2.44. The minimum absolute atomic E-state index is 0.244. The summed E-state index contributed by atoms with van der Waals surface area (Å²) < 4.78 is 0. The van der Waals surface area contributed by atoms with Crippen LogP contribution in [-0.2, 0) is 6.54 Å². The van der Waals surface area contributed by atoms with E-state index < -0.39 is 0 Å². The summed E-state index contributed by atoms with van der Waals surface area (Å²) >= 11 is 12.2. The standard InChI is InChI=1S/C15H21Cl2NO/c1-11(19)8-14-4-2-3-7-18(14)10-12-5-6-13(16)9-15(12)17/h5-6,9,11,14,19H,2-4,7-8,10H2,1H3. The van der Waals surface area contributed by atoms with E-state index in [9.17, 15) is 5.11 Å². The summed E-state index contributed by atoms with van der Waals surface area (Å²) in [6.45, 7) is 3.78. The monoisotopic (exact) mass is 301 g/mol. The molecule has 2 atom stereocenters. The third-order valence-electron chi connectivity index (χ3n) is 3.75. The maximum Gasteiger partial charge on any atom is 0.0527 e. The average Bonchev–Trinajstić information content (AvgIpc) is 2.34. The van der Waals surface area contributed by atoms with E-state index in [4.69, 9.17) is 23.2 Å². The second-order valence-electron chi connectivity index (χ2n) is 5.44. The van der Waals surface area contributed by atoms with Crippen molar-refractivity contribution >= 4 is 23.2 Å². The minimum Gasteiger partial charge on any atom is -0.393 e. The molecule has 2 unspecified atom stereocenters. The molecule has 2 nitrogen and oxygen atoms in total. The normalized spacial score (nSPS) is 22.4. The van der Waals surface area contributed by atoms with Crippen molar-refractivity contribution < 1.29 is 5.11 Å². The smallest absolute Gasteiger partial charge is 0.0527 e. The largest absolute Gasteiger partial charge is 0.393 e. The molecular weight excluding hydrogens is 281 g/mol. The van der Waals surface area contributed by atoms with E-state index in [0.29, 0.717) is 11.1 Å². The lowest BCUT2D eigenvalue weighted by Gasteiger charge is -2.36. The highest BCUT2D eigenvalue weighted by molar-refractivity contribution is 6.35. The second kappa shape index (κ2) is 6.94. The van der Waals surface area contributed by atoms with Gasteiger partial charge in [0, 0.05) is 22.6 Å². The summed E-state index contributed by atoms with van der Waals surface area (Å²) in [7, 11) is 0. The van der Waals surface area contributed by atoms with Gasteiger partial charge in [-0.3, -0.25) is 4.90 Å². The lowest BCUT2D eigenvalue weighted by atomic mass is 9.96. The third-order valence-corrected chi connectivity index (χ3v) is 4.34. The van der Waals surface area contributed by atoms with Crippen LogP contribution in [-0.4, -0.2) is 28.7 Å². The van der Waals surface area contributed by atoms with Crippen molar-refractivity contribution in [2.45, 2.75) is 51.3 Å². The first-order valence-electron chi connectivity index (χ1n) is 6.92. The van der Waals surface area contributed by atoms with E-state index in [1.54, 1.807) is 6.07 Å². The molecule has 0 bridgehead atoms. The Labute approximate surface area is 125 Å². The van der Waals surface area contributed by atoms with Gasteiger partial charge in [0.25, 0.3) is 0 Å². The molecule has 1 N–H and O–H groups in total. The predicted molar refractivity (Wildman–Crippen MR) is 80.8 cm³/mol. The average molecular weight is 302 g/mol. The molecule has 19 heavy (non-hydrogen) atoms. The Hall–Kier alpha value is -0.280. The van der Waals surface area contributed by atoms with E-state index in [1.807, 2.05) is 19.1 Å². The number of halogens is 2. The zero-order chi connectivity index (χ0) is 13.8. The van der Waals surface area contributed by atoms with Crippen molar-refractivity contribution in [1.82, 2.24) is 4.90 Å². The number of hydrogen-bond donors (Lipinski definition) is 1. The van der Waals surface area contributed by atoms with Crippen molar-refractivity contribution in [2.24, 2.45) is 0 Å². The van der Waals surface area contributed by atoms with Gasteiger partial charge in [0.2, 0.25) is 0 Å². The van der Waals surface area contributed by atoms with E-state index in [0.717, 1.165) is 36.5 Å². The number of likely N-dealkylation sites (tertiary alicyclic amines) is 1. The molecule has 0 amide bonds. The van der Waals surface area contributed by atoms with E-state index >= 15 is 0 Å². The summed E-state index contributed by atoms with van der Waals surface area (Å²) in [6.07, 6.45) is 4.23. The number of nitrogens with zero attached hydrogens (tertiary/aromatic N) is 1. The lowest BCUT2D eigenvalue weighted by Crippen LogP contribution is -2.40. The zero-order valence-corrected chi connectivity index (χ0v) is 12.8. The van der Waals surface area contributed by atoms with Gasteiger partial charge in [0.05, 0.1) is 6.10 Å². The molecule has 0 spiro atoms. The number of benzene rings is 1. The SMILES string of the molecule is CC(O)CC1CCCCN1Cc1ccc(Cl)cc1Cl. The minimum atomic E-state index is -0.244. The van der Waals surface area contributed by atoms with Gasteiger partial charge in [-0.2, -0.15) is 0 Å². The topological polar surface area (TPSA) is 23.5 Å². The molecule has 0 aromatic heterocycles. The first-order valence-corrected chi connectivity index (χ1v) is 7.68. The number of aliphatic hydroxyl groups is 1. The summed E-state index contributed by atoms with van der Waals surface area (Å²) in [5.74, 6) is 0. The number of piperidine rings is 1. The molecule has 1 aliphatic heterocycles. The van der Waals surface area contributed by atoms with Crippen LogP contribution in [0.4, 0.5) is 0 Å². The zero-order valence-electron chi connectivity index (χ0n) is 11.3. The maximum atomic E-state index is 9.61. The predicted octanol–water partition coefficient (Wildman–Crippen LogP) is 4.12. The highest BCUT2D eigenvalue weighted by Crippen LogP contribution is 2.27. The van der Waals surface area contributed by atoms with Crippen LogP contribution in [0.5, 0.6) is 0 Å². The maximum absolute atomic E-state index is 9.61. The second-order valence-corrected chi connectivity index (χ2v) is 6.28. The Morgan fingerprint density at radius 2 is 2.16 bits per heavy atom. The van der Waals surface area contributed by atoms with Gasteiger partial charge in [-0.1, -0.05) is 35.7 Å². The molecule has 106 valence electrons. The van der Waals surface area contributed by atoms with Crippen LogP contribution in [0.3, 0.4) is 0 Å². The van der Waals surface area contributed by atoms with E-state index in [-0.39, 0.29) is 6.10 Å². The fourth-order valence-electron chi connectivity index (χ4n) is 2.80. The van der Waals surface area contributed by atoms with Crippen molar-refractivity contribution in [1.29, 1.82) is 0 Å². The number of hydrogen-bond acceptors (Lipinski definition) is 2. The van der Waals surface area contributed by atoms with Crippen LogP contribution < -0.4 is 0 Å². The summed E-state index contributed by atoms with van der Waals surface area (Å²) in [6, 6.07) is 6.14. The fourth-order valence-corrected chi connectivity index (χ4v) is 3.27. The molecule has 0 radical (unpaired) electrons. The van der Waals surface area contributed by atoms with Gasteiger partial charge in [-0.25, -0.2) is 0 Å². The Morgan fingerprint density at radius 3 is 2.84 bits per heavy atom. The van der Waals surface area contributed by atoms with E-state index in [1.165, 1.54) is 12.8 Å². The van der Waals surface area contributed by atoms with Crippen LogP contribution in [0.25, 0.3) is 0 Å². The van der Waals surface area contributed by atoms with Crippen molar-refractivity contribution in [3.8, 4) is 0 Å². The first-order chi connectivity index (χ1) is 9.06. The Balaban J connectivity index is 2.06. The molecule has 1 heterocycles. The molecule has 4 heteroatoms.